The van der Waals surface area contributed by atoms with E-state index in [9.17, 15) is 8.78 Å². The average Bonchev–Trinajstić information content (AvgIpc) is 2.09. The number of benzene rings is 1. The second-order valence-corrected chi connectivity index (χ2v) is 2.89. The Kier molecular flexibility index (Phi) is 3.18. The monoisotopic (exact) mass is 181 g/mol. The summed E-state index contributed by atoms with van der Waals surface area (Å²) in [6, 6.07) is 3.39. The van der Waals surface area contributed by atoms with E-state index in [-0.39, 0.29) is 5.92 Å². The molecule has 0 N–H and O–H groups in total. The Hall–Kier alpha value is -1.18. The summed E-state index contributed by atoms with van der Waals surface area (Å²) in [4.78, 5) is 0. The normalized spacial score (nSPS) is 12.5. The molecule has 1 aromatic rings. The van der Waals surface area contributed by atoms with Crippen molar-refractivity contribution in [2.24, 2.45) is 0 Å². The average molecular weight is 181 g/mol. The first-order valence-electron chi connectivity index (χ1n) is 4.04. The van der Waals surface area contributed by atoms with Gasteiger partial charge in [-0.1, -0.05) is 6.08 Å². The van der Waals surface area contributed by atoms with Gasteiger partial charge in [-0.05, 0) is 43.0 Å². The molecule has 0 aliphatic heterocycles. The Balaban J connectivity index is 2.97. The highest BCUT2D eigenvalue weighted by Crippen LogP contribution is 2.22. The maximum absolute atomic E-state index is 13.1. The van der Waals surface area contributed by atoms with Gasteiger partial charge in [-0.25, -0.2) is 8.78 Å². The molecule has 1 radical (unpaired) electrons. The number of halogens is 2. The van der Waals surface area contributed by atoms with Gasteiger partial charge < -0.3 is 0 Å². The van der Waals surface area contributed by atoms with Gasteiger partial charge in [0.1, 0.15) is 11.6 Å². The van der Waals surface area contributed by atoms with Crippen LogP contribution in [0.3, 0.4) is 0 Å². The molecule has 0 nitrogen and oxygen atoms in total. The van der Waals surface area contributed by atoms with Crippen LogP contribution in [-0.2, 0) is 0 Å². The smallest absolute Gasteiger partial charge is 0.126 e. The Morgan fingerprint density at radius 1 is 1.38 bits per heavy atom. The zero-order valence-electron chi connectivity index (χ0n) is 7.26. The third kappa shape index (κ3) is 2.38. The van der Waals surface area contributed by atoms with E-state index in [1.807, 2.05) is 0 Å². The van der Waals surface area contributed by atoms with Crippen LogP contribution < -0.4 is 0 Å². The predicted octanol–water partition coefficient (Wildman–Crippen LogP) is 3.46. The van der Waals surface area contributed by atoms with Crippen molar-refractivity contribution in [1.82, 2.24) is 0 Å². The van der Waals surface area contributed by atoms with Gasteiger partial charge in [-0.15, -0.1) is 6.58 Å². The van der Waals surface area contributed by atoms with Gasteiger partial charge in [0, 0.05) is 0 Å². The van der Waals surface area contributed by atoms with E-state index >= 15 is 0 Å². The van der Waals surface area contributed by atoms with Crippen molar-refractivity contribution in [3.05, 3.63) is 55.0 Å². The molecule has 1 unspecified atom stereocenters. The molecule has 1 atom stereocenters. The van der Waals surface area contributed by atoms with Crippen molar-refractivity contribution >= 4 is 0 Å². The highest BCUT2D eigenvalue weighted by atomic mass is 19.1. The molecule has 0 spiro atoms. The quantitative estimate of drug-likeness (QED) is 0.626. The fraction of sp³-hybridized carbons (Fsp3) is 0.182. The maximum atomic E-state index is 13.1. The molecule has 1 aromatic carbocycles. The van der Waals surface area contributed by atoms with Crippen molar-refractivity contribution in [1.29, 1.82) is 0 Å². The zero-order chi connectivity index (χ0) is 9.84. The first kappa shape index (κ1) is 9.90. The number of rotatable bonds is 3. The van der Waals surface area contributed by atoms with Crippen LogP contribution in [0.4, 0.5) is 8.78 Å². The molecular formula is C11H11F2. The van der Waals surface area contributed by atoms with E-state index < -0.39 is 11.6 Å². The summed E-state index contributed by atoms with van der Waals surface area (Å²) in [6.45, 7) is 7.24. The molecule has 0 aliphatic rings. The van der Waals surface area contributed by atoms with Gasteiger partial charge in [-0.3, -0.25) is 0 Å². The van der Waals surface area contributed by atoms with Crippen LogP contribution in [-0.4, -0.2) is 0 Å². The summed E-state index contributed by atoms with van der Waals surface area (Å²) >= 11 is 0. The maximum Gasteiger partial charge on any atom is 0.126 e. The summed E-state index contributed by atoms with van der Waals surface area (Å²) in [7, 11) is 0. The number of hydrogen-bond acceptors (Lipinski definition) is 0. The van der Waals surface area contributed by atoms with E-state index in [0.29, 0.717) is 12.0 Å². The van der Waals surface area contributed by atoms with Crippen LogP contribution in [0.2, 0.25) is 0 Å². The van der Waals surface area contributed by atoms with Gasteiger partial charge in [0.05, 0.1) is 0 Å². The van der Waals surface area contributed by atoms with Crippen LogP contribution in [0.15, 0.2) is 30.9 Å². The Labute approximate surface area is 76.9 Å². The highest BCUT2D eigenvalue weighted by molar-refractivity contribution is 5.24. The molecule has 1 rings (SSSR count). The Bertz CT molecular complexity index is 305. The van der Waals surface area contributed by atoms with Gasteiger partial charge in [0.25, 0.3) is 0 Å². The van der Waals surface area contributed by atoms with E-state index in [0.717, 1.165) is 12.1 Å². The van der Waals surface area contributed by atoms with Crippen molar-refractivity contribution in [3.8, 4) is 0 Å². The lowest BCUT2D eigenvalue weighted by atomic mass is 9.97. The number of hydrogen-bond donors (Lipinski definition) is 0. The molecule has 69 valence electrons. The van der Waals surface area contributed by atoms with Crippen molar-refractivity contribution in [3.63, 3.8) is 0 Å². The largest absolute Gasteiger partial charge is 0.207 e. The summed E-state index contributed by atoms with van der Waals surface area (Å²) in [5, 5.41) is 0. The molecule has 0 saturated carbocycles. The van der Waals surface area contributed by atoms with Gasteiger partial charge in [0.15, 0.2) is 0 Å². The van der Waals surface area contributed by atoms with Crippen LogP contribution in [0.1, 0.15) is 17.9 Å². The lowest BCUT2D eigenvalue weighted by Gasteiger charge is -2.09. The predicted molar refractivity (Wildman–Crippen MR) is 49.3 cm³/mol. The fourth-order valence-electron chi connectivity index (χ4n) is 1.16. The van der Waals surface area contributed by atoms with Gasteiger partial charge >= 0.3 is 0 Å². The molecular weight excluding hydrogens is 170 g/mol. The van der Waals surface area contributed by atoms with Crippen LogP contribution in [0.5, 0.6) is 0 Å². The minimum absolute atomic E-state index is 0.270. The topological polar surface area (TPSA) is 0 Å². The Morgan fingerprint density at radius 3 is 2.69 bits per heavy atom. The molecule has 0 aliphatic carbocycles. The first-order chi connectivity index (χ1) is 6.15. The standard InChI is InChI=1S/C11H11F2/c1-3-4-8(2)10-7-9(12)5-6-11(10)13/h3,5-8H,1-2,4H2. The summed E-state index contributed by atoms with van der Waals surface area (Å²) in [5.74, 6) is -1.12. The zero-order valence-corrected chi connectivity index (χ0v) is 7.26. The molecule has 0 saturated heterocycles. The molecule has 0 fully saturated rings. The van der Waals surface area contributed by atoms with Crippen molar-refractivity contribution < 1.29 is 8.78 Å². The SMILES string of the molecule is [CH2]C(CC=C)c1cc(F)ccc1F. The lowest BCUT2D eigenvalue weighted by Crippen LogP contribution is -1.97. The lowest BCUT2D eigenvalue weighted by molar-refractivity contribution is 0.576. The number of allylic oxidation sites excluding steroid dienone is 1. The first-order valence-corrected chi connectivity index (χ1v) is 4.04. The van der Waals surface area contributed by atoms with Gasteiger partial charge in [-0.2, -0.15) is 0 Å². The molecule has 13 heavy (non-hydrogen) atoms. The fourth-order valence-corrected chi connectivity index (χ4v) is 1.16. The molecule has 0 bridgehead atoms. The summed E-state index contributed by atoms with van der Waals surface area (Å²) in [6.07, 6.45) is 2.18. The summed E-state index contributed by atoms with van der Waals surface area (Å²) < 4.78 is 25.8. The third-order valence-electron chi connectivity index (χ3n) is 1.85. The van der Waals surface area contributed by atoms with E-state index in [4.69, 9.17) is 0 Å². The third-order valence-corrected chi connectivity index (χ3v) is 1.85. The second-order valence-electron chi connectivity index (χ2n) is 2.89. The molecule has 2 heteroatoms. The highest BCUT2D eigenvalue weighted by Gasteiger charge is 2.10. The molecule has 0 aromatic heterocycles. The van der Waals surface area contributed by atoms with Crippen molar-refractivity contribution in [2.45, 2.75) is 12.3 Å². The van der Waals surface area contributed by atoms with Crippen LogP contribution in [0, 0.1) is 18.6 Å². The Morgan fingerprint density at radius 2 is 2.08 bits per heavy atom. The van der Waals surface area contributed by atoms with E-state index in [1.54, 1.807) is 6.08 Å². The minimum Gasteiger partial charge on any atom is -0.207 e. The van der Waals surface area contributed by atoms with E-state index in [1.165, 1.54) is 6.07 Å². The van der Waals surface area contributed by atoms with Crippen molar-refractivity contribution in [2.75, 3.05) is 0 Å². The van der Waals surface area contributed by atoms with Crippen LogP contribution >= 0.6 is 0 Å². The van der Waals surface area contributed by atoms with E-state index in [2.05, 4.69) is 13.5 Å². The molecule has 0 heterocycles. The summed E-state index contributed by atoms with van der Waals surface area (Å²) in [5.41, 5.74) is 0.305. The second kappa shape index (κ2) is 4.17. The molecule has 0 amide bonds. The van der Waals surface area contributed by atoms with Gasteiger partial charge in [0.2, 0.25) is 0 Å². The van der Waals surface area contributed by atoms with Crippen LogP contribution in [0.25, 0.3) is 0 Å². The minimum atomic E-state index is -0.436.